The van der Waals surface area contributed by atoms with Gasteiger partial charge in [0, 0.05) is 44.0 Å². The van der Waals surface area contributed by atoms with Gasteiger partial charge in [-0.15, -0.1) is 5.10 Å². The maximum absolute atomic E-state index is 11.5. The highest BCUT2D eigenvalue weighted by molar-refractivity contribution is 5.95. The summed E-state index contributed by atoms with van der Waals surface area (Å²) in [6.07, 6.45) is 3.67. The molecule has 26 heavy (non-hydrogen) atoms. The molecule has 0 amide bonds. The smallest absolute Gasteiger partial charge is 0.293 e. The molecule has 0 aliphatic carbocycles. The van der Waals surface area contributed by atoms with Gasteiger partial charge >= 0.3 is 0 Å². The lowest BCUT2D eigenvalue weighted by molar-refractivity contribution is -0.384. The van der Waals surface area contributed by atoms with Crippen molar-refractivity contribution >= 4 is 23.0 Å². The Kier molecular flexibility index (Phi) is 5.11. The van der Waals surface area contributed by atoms with Crippen LogP contribution in [0, 0.1) is 10.1 Å². The SMILES string of the molecule is CC(=O)c1ccc(N(C)CC2CCCN2c2cccnn2)c([N+](=O)[O-])c1. The number of nitro benzene ring substituents is 1. The van der Waals surface area contributed by atoms with Crippen molar-refractivity contribution in [2.75, 3.05) is 29.9 Å². The first kappa shape index (κ1) is 17.8. The Hall–Kier alpha value is -3.03. The number of aromatic nitrogens is 2. The van der Waals surface area contributed by atoms with Gasteiger partial charge in [-0.1, -0.05) is 0 Å². The summed E-state index contributed by atoms with van der Waals surface area (Å²) in [6, 6.07) is 8.61. The lowest BCUT2D eigenvalue weighted by atomic mass is 10.1. The van der Waals surface area contributed by atoms with Crippen LogP contribution in [-0.2, 0) is 0 Å². The van der Waals surface area contributed by atoms with Gasteiger partial charge in [-0.25, -0.2) is 0 Å². The third-order valence-corrected chi connectivity index (χ3v) is 4.70. The van der Waals surface area contributed by atoms with Crippen LogP contribution in [0.2, 0.25) is 0 Å². The molecule has 1 saturated heterocycles. The third kappa shape index (κ3) is 3.63. The zero-order valence-electron chi connectivity index (χ0n) is 14.8. The average Bonchev–Trinajstić information content (AvgIpc) is 3.09. The molecule has 0 radical (unpaired) electrons. The van der Waals surface area contributed by atoms with Crippen LogP contribution in [0.25, 0.3) is 0 Å². The van der Waals surface area contributed by atoms with Crippen LogP contribution in [0.1, 0.15) is 30.1 Å². The molecule has 0 bridgehead atoms. The van der Waals surface area contributed by atoms with Crippen molar-refractivity contribution in [1.29, 1.82) is 0 Å². The topological polar surface area (TPSA) is 92.5 Å². The maximum Gasteiger partial charge on any atom is 0.293 e. The Morgan fingerprint density at radius 2 is 2.23 bits per heavy atom. The first-order valence-electron chi connectivity index (χ1n) is 8.52. The number of benzene rings is 1. The Morgan fingerprint density at radius 1 is 1.42 bits per heavy atom. The van der Waals surface area contributed by atoms with Gasteiger partial charge in [0.05, 0.1) is 4.92 Å². The molecule has 0 N–H and O–H groups in total. The molecule has 2 aromatic rings. The first-order chi connectivity index (χ1) is 12.5. The van der Waals surface area contributed by atoms with E-state index in [1.165, 1.54) is 13.0 Å². The van der Waals surface area contributed by atoms with E-state index < -0.39 is 4.92 Å². The van der Waals surface area contributed by atoms with Gasteiger partial charge in [-0.2, -0.15) is 5.10 Å². The molecular weight excluding hydrogens is 334 g/mol. The average molecular weight is 355 g/mol. The summed E-state index contributed by atoms with van der Waals surface area (Å²) in [5.74, 6) is 0.636. The highest BCUT2D eigenvalue weighted by Gasteiger charge is 2.28. The van der Waals surface area contributed by atoms with Gasteiger partial charge < -0.3 is 9.80 Å². The lowest BCUT2D eigenvalue weighted by Crippen LogP contribution is -2.39. The number of likely N-dealkylation sites (N-methyl/N-ethyl adjacent to an activating group) is 1. The molecule has 136 valence electrons. The third-order valence-electron chi connectivity index (χ3n) is 4.70. The summed E-state index contributed by atoms with van der Waals surface area (Å²) < 4.78 is 0. The van der Waals surface area contributed by atoms with Gasteiger partial charge in [-0.05, 0) is 44.0 Å². The standard InChI is InChI=1S/C18H21N5O3/c1-13(24)14-7-8-16(17(11-14)23(25)26)21(2)12-15-5-4-10-22(15)18-6-3-9-19-20-18/h3,6-9,11,15H,4-5,10,12H2,1-2H3. The van der Waals surface area contributed by atoms with Crippen molar-refractivity contribution in [2.45, 2.75) is 25.8 Å². The van der Waals surface area contributed by atoms with Crippen LogP contribution in [0.5, 0.6) is 0 Å². The quantitative estimate of drug-likeness (QED) is 0.447. The molecule has 8 heteroatoms. The summed E-state index contributed by atoms with van der Waals surface area (Å²) in [5, 5.41) is 19.6. The van der Waals surface area contributed by atoms with Gasteiger partial charge in [0.15, 0.2) is 11.6 Å². The molecule has 1 aliphatic rings. The van der Waals surface area contributed by atoms with Crippen LogP contribution >= 0.6 is 0 Å². The van der Waals surface area contributed by atoms with Crippen molar-refractivity contribution in [2.24, 2.45) is 0 Å². The minimum absolute atomic E-state index is 0.0516. The van der Waals surface area contributed by atoms with Crippen molar-refractivity contribution in [3.8, 4) is 0 Å². The fourth-order valence-corrected chi connectivity index (χ4v) is 3.40. The minimum atomic E-state index is -0.437. The van der Waals surface area contributed by atoms with Crippen molar-refractivity contribution in [1.82, 2.24) is 10.2 Å². The fraction of sp³-hybridized carbons (Fsp3) is 0.389. The van der Waals surface area contributed by atoms with Crippen LogP contribution in [-0.4, -0.2) is 47.1 Å². The molecule has 3 rings (SSSR count). The van der Waals surface area contributed by atoms with E-state index in [0.29, 0.717) is 17.8 Å². The van der Waals surface area contributed by atoms with Crippen molar-refractivity contribution in [3.05, 3.63) is 52.2 Å². The normalized spacial score (nSPS) is 16.5. The maximum atomic E-state index is 11.5. The van der Waals surface area contributed by atoms with E-state index in [2.05, 4.69) is 15.1 Å². The van der Waals surface area contributed by atoms with Crippen molar-refractivity contribution < 1.29 is 9.72 Å². The number of hydrogen-bond acceptors (Lipinski definition) is 7. The second-order valence-electron chi connectivity index (χ2n) is 6.47. The Labute approximate surface area is 151 Å². The monoisotopic (exact) mass is 355 g/mol. The van der Waals surface area contributed by atoms with Gasteiger partial charge in [0.1, 0.15) is 5.69 Å². The number of carbonyl (C=O) groups is 1. The van der Waals surface area contributed by atoms with E-state index in [1.54, 1.807) is 18.3 Å². The highest BCUT2D eigenvalue weighted by atomic mass is 16.6. The molecule has 1 aromatic heterocycles. The summed E-state index contributed by atoms with van der Waals surface area (Å²) in [4.78, 5) is 26.6. The van der Waals surface area contributed by atoms with E-state index in [4.69, 9.17) is 0 Å². The Bertz CT molecular complexity index is 812. The molecule has 0 saturated carbocycles. The van der Waals surface area contributed by atoms with E-state index >= 15 is 0 Å². The molecule has 1 unspecified atom stereocenters. The zero-order valence-corrected chi connectivity index (χ0v) is 14.8. The Balaban J connectivity index is 1.82. The van der Waals surface area contributed by atoms with Gasteiger partial charge in [0.25, 0.3) is 5.69 Å². The molecule has 8 nitrogen and oxygen atoms in total. The second kappa shape index (κ2) is 7.47. The summed E-state index contributed by atoms with van der Waals surface area (Å²) >= 11 is 0. The molecule has 1 atom stereocenters. The number of nitro groups is 1. The summed E-state index contributed by atoms with van der Waals surface area (Å²) in [5.41, 5.74) is 0.797. The van der Waals surface area contributed by atoms with Gasteiger partial charge in [-0.3, -0.25) is 14.9 Å². The number of nitrogens with zero attached hydrogens (tertiary/aromatic N) is 5. The fourth-order valence-electron chi connectivity index (χ4n) is 3.40. The predicted molar refractivity (Wildman–Crippen MR) is 98.8 cm³/mol. The van der Waals surface area contributed by atoms with Crippen LogP contribution < -0.4 is 9.80 Å². The molecule has 1 aromatic carbocycles. The number of carbonyl (C=O) groups excluding carboxylic acids is 1. The molecule has 1 fully saturated rings. The van der Waals surface area contributed by atoms with E-state index in [1.807, 2.05) is 24.1 Å². The van der Waals surface area contributed by atoms with Crippen LogP contribution in [0.15, 0.2) is 36.5 Å². The number of ketones is 1. The zero-order chi connectivity index (χ0) is 18.7. The predicted octanol–water partition coefficient (Wildman–Crippen LogP) is 2.69. The van der Waals surface area contributed by atoms with E-state index in [0.717, 1.165) is 25.2 Å². The summed E-state index contributed by atoms with van der Waals surface area (Å²) in [7, 11) is 1.84. The van der Waals surface area contributed by atoms with Crippen LogP contribution in [0.4, 0.5) is 17.2 Å². The van der Waals surface area contributed by atoms with E-state index in [9.17, 15) is 14.9 Å². The van der Waals surface area contributed by atoms with Crippen molar-refractivity contribution in [3.63, 3.8) is 0 Å². The second-order valence-corrected chi connectivity index (χ2v) is 6.47. The van der Waals surface area contributed by atoms with Gasteiger partial charge in [0.2, 0.25) is 0 Å². The lowest BCUT2D eigenvalue weighted by Gasteiger charge is -2.30. The molecular formula is C18H21N5O3. The molecule has 2 heterocycles. The Morgan fingerprint density at radius 3 is 2.88 bits per heavy atom. The molecule has 1 aliphatic heterocycles. The number of Topliss-reactive ketones (excluding diaryl/α,β-unsaturated/α-hetero) is 1. The first-order valence-corrected chi connectivity index (χ1v) is 8.52. The largest absolute Gasteiger partial charge is 0.367 e. The number of rotatable bonds is 6. The molecule has 0 spiro atoms. The number of anilines is 2. The minimum Gasteiger partial charge on any atom is -0.367 e. The highest BCUT2D eigenvalue weighted by Crippen LogP contribution is 2.31. The summed E-state index contributed by atoms with van der Waals surface area (Å²) in [6.45, 7) is 2.92. The van der Waals surface area contributed by atoms with Crippen LogP contribution in [0.3, 0.4) is 0 Å². The number of hydrogen-bond donors (Lipinski definition) is 0. The van der Waals surface area contributed by atoms with E-state index in [-0.39, 0.29) is 17.5 Å².